The number of esters is 1. The summed E-state index contributed by atoms with van der Waals surface area (Å²) in [5, 5.41) is 6.84. The maximum absolute atomic E-state index is 11.8. The number of carbonyl (C=O) groups is 1. The lowest BCUT2D eigenvalue weighted by Crippen LogP contribution is -2.43. The third kappa shape index (κ3) is 6.63. The van der Waals surface area contributed by atoms with Crippen molar-refractivity contribution in [3.63, 3.8) is 0 Å². The predicted molar refractivity (Wildman–Crippen MR) is 115 cm³/mol. The van der Waals surface area contributed by atoms with E-state index in [0.29, 0.717) is 17.9 Å². The van der Waals surface area contributed by atoms with Crippen LogP contribution in [-0.2, 0) is 16.0 Å². The van der Waals surface area contributed by atoms with Crippen LogP contribution in [0.5, 0.6) is 5.75 Å². The first-order valence-electron chi connectivity index (χ1n) is 10.3. The highest BCUT2D eigenvalue weighted by molar-refractivity contribution is 5.92. The fraction of sp³-hybridized carbons (Fsp3) is 0.636. The number of hydrogen-bond acceptors (Lipinski definition) is 5. The first-order valence-corrected chi connectivity index (χ1v) is 10.3. The number of nitrogens with one attached hydrogen (secondary N) is 2. The average Bonchev–Trinajstić information content (AvgIpc) is 3.22. The molecule has 1 aromatic carbocycles. The number of methoxy groups -OCH3 is 2. The number of aliphatic imine (C=N–C) groups is 1. The van der Waals surface area contributed by atoms with Crippen molar-refractivity contribution in [1.29, 1.82) is 0 Å². The number of hydrogen-bond donors (Lipinski definition) is 2. The van der Waals surface area contributed by atoms with Crippen molar-refractivity contribution in [1.82, 2.24) is 10.6 Å². The van der Waals surface area contributed by atoms with Crippen molar-refractivity contribution >= 4 is 11.9 Å². The molecule has 0 amide bonds. The fourth-order valence-electron chi connectivity index (χ4n) is 3.87. The van der Waals surface area contributed by atoms with E-state index in [9.17, 15) is 4.79 Å². The Morgan fingerprint density at radius 2 is 1.97 bits per heavy atom. The third-order valence-corrected chi connectivity index (χ3v) is 5.63. The van der Waals surface area contributed by atoms with Crippen LogP contribution in [0.4, 0.5) is 0 Å². The van der Waals surface area contributed by atoms with Crippen LogP contribution in [0.2, 0.25) is 0 Å². The molecule has 0 aromatic heterocycles. The van der Waals surface area contributed by atoms with Crippen LogP contribution in [0.3, 0.4) is 0 Å². The van der Waals surface area contributed by atoms with Gasteiger partial charge in [-0.05, 0) is 49.3 Å². The van der Waals surface area contributed by atoms with Crippen LogP contribution >= 0.6 is 0 Å². The Labute approximate surface area is 174 Å². The Bertz CT molecular complexity index is 685. The summed E-state index contributed by atoms with van der Waals surface area (Å²) >= 11 is 0. The number of nitrogens with zero attached hydrogens (tertiary/aromatic N) is 1. The molecule has 0 heterocycles. The van der Waals surface area contributed by atoms with E-state index in [0.717, 1.165) is 37.7 Å². The second kappa shape index (κ2) is 11.7. The molecular weight excluding hydrogens is 370 g/mol. The molecular formula is C22H35N3O4. The second-order valence-corrected chi connectivity index (χ2v) is 7.46. The van der Waals surface area contributed by atoms with Crippen molar-refractivity contribution in [3.05, 3.63) is 29.3 Å². The lowest BCUT2D eigenvalue weighted by molar-refractivity contribution is 0.0597. The van der Waals surface area contributed by atoms with E-state index in [-0.39, 0.29) is 5.41 Å². The summed E-state index contributed by atoms with van der Waals surface area (Å²) in [6.45, 7) is 5.09. The molecule has 2 N–H and O–H groups in total. The van der Waals surface area contributed by atoms with Crippen LogP contribution in [-0.4, -0.2) is 53.0 Å². The molecule has 0 bridgehead atoms. The maximum atomic E-state index is 11.8. The Morgan fingerprint density at radius 3 is 2.59 bits per heavy atom. The zero-order valence-corrected chi connectivity index (χ0v) is 18.2. The molecule has 0 saturated heterocycles. The molecule has 1 aliphatic carbocycles. The average molecular weight is 406 g/mol. The molecule has 0 radical (unpaired) electrons. The van der Waals surface area contributed by atoms with Gasteiger partial charge < -0.3 is 24.8 Å². The molecule has 0 spiro atoms. The smallest absolute Gasteiger partial charge is 0.341 e. The van der Waals surface area contributed by atoms with Gasteiger partial charge in [0.05, 0.1) is 14.2 Å². The minimum absolute atomic E-state index is 0.290. The molecule has 1 aromatic rings. The van der Waals surface area contributed by atoms with E-state index in [1.54, 1.807) is 20.2 Å². The Hall–Kier alpha value is -2.28. The summed E-state index contributed by atoms with van der Waals surface area (Å²) in [5.74, 6) is 0.858. The normalized spacial score (nSPS) is 15.8. The van der Waals surface area contributed by atoms with Crippen LogP contribution in [0.1, 0.15) is 54.9 Å². The van der Waals surface area contributed by atoms with E-state index < -0.39 is 5.97 Å². The quantitative estimate of drug-likeness (QED) is 0.269. The Balaban J connectivity index is 1.92. The standard InChI is InChI=1S/C22H35N3O4/c1-5-29-13-12-22(10-6-7-11-22)16-25-21(23-2)24-15-17-8-9-18(20(26)28-4)19(14-17)27-3/h8-9,14H,5-7,10-13,15-16H2,1-4H3,(H2,23,24,25). The first kappa shape index (κ1) is 23.0. The number of carbonyl (C=O) groups excluding carboxylic acids is 1. The molecule has 7 nitrogen and oxygen atoms in total. The third-order valence-electron chi connectivity index (χ3n) is 5.63. The van der Waals surface area contributed by atoms with Gasteiger partial charge in [-0.25, -0.2) is 4.79 Å². The molecule has 2 rings (SSSR count). The van der Waals surface area contributed by atoms with Crippen molar-refractivity contribution in [2.24, 2.45) is 10.4 Å². The molecule has 1 fully saturated rings. The molecule has 1 aliphatic rings. The van der Waals surface area contributed by atoms with E-state index >= 15 is 0 Å². The molecule has 29 heavy (non-hydrogen) atoms. The number of benzene rings is 1. The van der Waals surface area contributed by atoms with Crippen LogP contribution in [0.15, 0.2) is 23.2 Å². The maximum Gasteiger partial charge on any atom is 0.341 e. The summed E-state index contributed by atoms with van der Waals surface area (Å²) in [6.07, 6.45) is 6.11. The molecule has 0 unspecified atom stereocenters. The van der Waals surface area contributed by atoms with E-state index in [1.165, 1.54) is 32.8 Å². The SMILES string of the molecule is CCOCCC1(CNC(=NC)NCc2ccc(C(=O)OC)c(OC)c2)CCCC1. The van der Waals surface area contributed by atoms with Gasteiger partial charge in [0, 0.05) is 33.4 Å². The molecule has 1 saturated carbocycles. The highest BCUT2D eigenvalue weighted by Crippen LogP contribution is 2.40. The minimum atomic E-state index is -0.409. The highest BCUT2D eigenvalue weighted by atomic mass is 16.5. The van der Waals surface area contributed by atoms with Crippen molar-refractivity contribution in [2.45, 2.75) is 45.6 Å². The van der Waals surface area contributed by atoms with Crippen LogP contribution in [0, 0.1) is 5.41 Å². The second-order valence-electron chi connectivity index (χ2n) is 7.46. The van der Waals surface area contributed by atoms with Gasteiger partial charge in [-0.2, -0.15) is 0 Å². The fourth-order valence-corrected chi connectivity index (χ4v) is 3.87. The van der Waals surface area contributed by atoms with Gasteiger partial charge in [-0.15, -0.1) is 0 Å². The van der Waals surface area contributed by atoms with Crippen molar-refractivity contribution in [3.8, 4) is 5.75 Å². The molecule has 7 heteroatoms. The first-order chi connectivity index (χ1) is 14.1. The zero-order chi connectivity index (χ0) is 21.1. The monoisotopic (exact) mass is 405 g/mol. The largest absolute Gasteiger partial charge is 0.496 e. The summed E-state index contributed by atoms with van der Waals surface area (Å²) in [6, 6.07) is 5.45. The number of guanidine groups is 1. The number of rotatable bonds is 10. The van der Waals surface area contributed by atoms with Gasteiger partial charge in [0.25, 0.3) is 0 Å². The Morgan fingerprint density at radius 1 is 1.21 bits per heavy atom. The summed E-state index contributed by atoms with van der Waals surface area (Å²) in [5.41, 5.74) is 1.70. The van der Waals surface area contributed by atoms with Gasteiger partial charge in [-0.3, -0.25) is 4.99 Å². The van der Waals surface area contributed by atoms with Gasteiger partial charge in [0.1, 0.15) is 11.3 Å². The van der Waals surface area contributed by atoms with E-state index in [4.69, 9.17) is 14.2 Å². The summed E-state index contributed by atoms with van der Waals surface area (Å²) in [7, 11) is 4.68. The highest BCUT2D eigenvalue weighted by Gasteiger charge is 2.33. The molecule has 0 aliphatic heterocycles. The lowest BCUT2D eigenvalue weighted by atomic mass is 9.83. The van der Waals surface area contributed by atoms with Crippen molar-refractivity contribution < 1.29 is 19.0 Å². The topological polar surface area (TPSA) is 81.2 Å². The summed E-state index contributed by atoms with van der Waals surface area (Å²) in [4.78, 5) is 16.1. The Kier molecular flexibility index (Phi) is 9.25. The summed E-state index contributed by atoms with van der Waals surface area (Å²) < 4.78 is 15.7. The van der Waals surface area contributed by atoms with E-state index in [1.807, 2.05) is 19.1 Å². The van der Waals surface area contributed by atoms with Gasteiger partial charge >= 0.3 is 5.97 Å². The lowest BCUT2D eigenvalue weighted by Gasteiger charge is -2.30. The van der Waals surface area contributed by atoms with Crippen LogP contribution < -0.4 is 15.4 Å². The molecule has 162 valence electrons. The molecule has 0 atom stereocenters. The van der Waals surface area contributed by atoms with Crippen molar-refractivity contribution in [2.75, 3.05) is 41.0 Å². The van der Waals surface area contributed by atoms with E-state index in [2.05, 4.69) is 15.6 Å². The van der Waals surface area contributed by atoms with Crippen LogP contribution in [0.25, 0.3) is 0 Å². The predicted octanol–water partition coefficient (Wildman–Crippen LogP) is 3.13. The number of ether oxygens (including phenoxy) is 3. The van der Waals surface area contributed by atoms with Gasteiger partial charge in [0.15, 0.2) is 5.96 Å². The van der Waals surface area contributed by atoms with Gasteiger partial charge in [-0.1, -0.05) is 18.9 Å². The minimum Gasteiger partial charge on any atom is -0.496 e. The zero-order valence-electron chi connectivity index (χ0n) is 18.2. The van der Waals surface area contributed by atoms with Gasteiger partial charge in [0.2, 0.25) is 0 Å².